The Balaban J connectivity index is 1.57. The molecule has 1 N–H and O–H groups in total. The quantitative estimate of drug-likeness (QED) is 0.744. The largest absolute Gasteiger partial charge is 0.340 e. The molecule has 3 rings (SSSR count). The Kier molecular flexibility index (Phi) is 3.32. The number of nitrogens with zero attached hydrogens (tertiary/aromatic N) is 2. The van der Waals surface area contributed by atoms with Crippen LogP contribution < -0.4 is 5.32 Å². The van der Waals surface area contributed by atoms with E-state index in [1.165, 1.54) is 25.7 Å². The van der Waals surface area contributed by atoms with E-state index in [4.69, 9.17) is 0 Å². The third-order valence-electron chi connectivity index (χ3n) is 5.09. The van der Waals surface area contributed by atoms with Gasteiger partial charge in [-0.25, -0.2) is 0 Å². The molecule has 18 heavy (non-hydrogen) atoms. The van der Waals surface area contributed by atoms with E-state index in [1.807, 2.05) is 0 Å². The van der Waals surface area contributed by atoms with Gasteiger partial charge in [-0.15, -0.1) is 0 Å². The number of carbonyl (C=O) groups is 1. The van der Waals surface area contributed by atoms with Crippen molar-refractivity contribution in [2.24, 2.45) is 5.92 Å². The third-order valence-corrected chi connectivity index (χ3v) is 5.09. The summed E-state index contributed by atoms with van der Waals surface area (Å²) < 4.78 is 0. The predicted octanol–water partition coefficient (Wildman–Crippen LogP) is 0.683. The van der Waals surface area contributed by atoms with Crippen LogP contribution in [0.15, 0.2) is 0 Å². The Bertz CT molecular complexity index is 317. The van der Waals surface area contributed by atoms with Crippen molar-refractivity contribution in [1.82, 2.24) is 15.1 Å². The molecule has 0 aromatic carbocycles. The Morgan fingerprint density at radius 1 is 1.17 bits per heavy atom. The molecule has 0 bridgehead atoms. The zero-order valence-corrected chi connectivity index (χ0v) is 11.5. The number of nitrogens with one attached hydrogen (secondary N) is 1. The summed E-state index contributed by atoms with van der Waals surface area (Å²) in [5, 5.41) is 3.65. The molecule has 3 fully saturated rings. The minimum absolute atomic E-state index is 0.242. The Hall–Kier alpha value is -0.610. The van der Waals surface area contributed by atoms with Gasteiger partial charge in [0.05, 0.1) is 5.92 Å². The van der Waals surface area contributed by atoms with Gasteiger partial charge in [-0.3, -0.25) is 4.79 Å². The maximum absolute atomic E-state index is 12.5. The third kappa shape index (κ3) is 2.28. The molecule has 1 atom stereocenters. The summed E-state index contributed by atoms with van der Waals surface area (Å²) in [7, 11) is 2.13. The van der Waals surface area contributed by atoms with Crippen LogP contribution in [0.5, 0.6) is 0 Å². The van der Waals surface area contributed by atoms with Crippen molar-refractivity contribution in [2.45, 2.75) is 37.6 Å². The highest BCUT2D eigenvalue weighted by atomic mass is 16.2. The Labute approximate surface area is 110 Å². The predicted molar refractivity (Wildman–Crippen MR) is 71.4 cm³/mol. The van der Waals surface area contributed by atoms with Gasteiger partial charge in [-0.2, -0.15) is 0 Å². The number of piperazine rings is 1. The maximum atomic E-state index is 12.5. The number of hydrogen-bond donors (Lipinski definition) is 1. The van der Waals surface area contributed by atoms with Gasteiger partial charge in [-0.1, -0.05) is 12.8 Å². The van der Waals surface area contributed by atoms with E-state index < -0.39 is 0 Å². The van der Waals surface area contributed by atoms with E-state index in [2.05, 4.69) is 22.2 Å². The van der Waals surface area contributed by atoms with Crippen LogP contribution in [0, 0.1) is 5.92 Å². The minimum atomic E-state index is 0.242. The Morgan fingerprint density at radius 2 is 1.83 bits per heavy atom. The highest BCUT2D eigenvalue weighted by Gasteiger charge is 2.44. The summed E-state index contributed by atoms with van der Waals surface area (Å²) in [5.74, 6) is 0.644. The Morgan fingerprint density at radius 3 is 2.50 bits per heavy atom. The van der Waals surface area contributed by atoms with E-state index in [0.717, 1.165) is 39.1 Å². The molecular weight excluding hydrogens is 226 g/mol. The van der Waals surface area contributed by atoms with Crippen LogP contribution in [0.4, 0.5) is 0 Å². The molecule has 0 aromatic heterocycles. The zero-order valence-electron chi connectivity index (χ0n) is 11.5. The average molecular weight is 251 g/mol. The highest BCUT2D eigenvalue weighted by molar-refractivity contribution is 5.79. The average Bonchev–Trinajstić information content (AvgIpc) is 3.01. The standard InChI is InChI=1S/C14H25N3O/c1-16-6-8-17(9-7-16)13(18)12-10-14(15-11-12)4-2-3-5-14/h12,15H,2-11H2,1H3. The summed E-state index contributed by atoms with van der Waals surface area (Å²) in [6, 6.07) is 0. The molecule has 1 spiro atoms. The van der Waals surface area contributed by atoms with Crippen LogP contribution in [0.3, 0.4) is 0 Å². The zero-order chi connectivity index (χ0) is 12.6. The number of likely N-dealkylation sites (N-methyl/N-ethyl adjacent to an activating group) is 1. The van der Waals surface area contributed by atoms with Crippen molar-refractivity contribution in [2.75, 3.05) is 39.8 Å². The lowest BCUT2D eigenvalue weighted by Gasteiger charge is -2.34. The lowest BCUT2D eigenvalue weighted by Crippen LogP contribution is -2.49. The molecule has 4 nitrogen and oxygen atoms in total. The van der Waals surface area contributed by atoms with Crippen LogP contribution in [-0.4, -0.2) is 61.0 Å². The fraction of sp³-hybridized carbons (Fsp3) is 0.929. The molecule has 1 unspecified atom stereocenters. The lowest BCUT2D eigenvalue weighted by molar-refractivity contribution is -0.136. The fourth-order valence-electron chi connectivity index (χ4n) is 3.85. The second kappa shape index (κ2) is 4.82. The second-order valence-corrected chi connectivity index (χ2v) is 6.40. The molecule has 1 saturated carbocycles. The number of hydrogen-bond acceptors (Lipinski definition) is 3. The van der Waals surface area contributed by atoms with Gasteiger partial charge in [0.1, 0.15) is 0 Å². The van der Waals surface area contributed by atoms with Crippen molar-refractivity contribution < 1.29 is 4.79 Å². The summed E-state index contributed by atoms with van der Waals surface area (Å²) in [5.41, 5.74) is 0.326. The second-order valence-electron chi connectivity index (χ2n) is 6.40. The first-order chi connectivity index (χ1) is 8.69. The van der Waals surface area contributed by atoms with Crippen LogP contribution in [0.2, 0.25) is 0 Å². The summed E-state index contributed by atoms with van der Waals surface area (Å²) >= 11 is 0. The molecule has 1 aliphatic carbocycles. The van der Waals surface area contributed by atoms with E-state index in [9.17, 15) is 4.79 Å². The van der Waals surface area contributed by atoms with E-state index in [0.29, 0.717) is 11.4 Å². The highest BCUT2D eigenvalue weighted by Crippen LogP contribution is 2.39. The van der Waals surface area contributed by atoms with E-state index in [-0.39, 0.29) is 5.92 Å². The monoisotopic (exact) mass is 251 g/mol. The van der Waals surface area contributed by atoms with Crippen molar-refractivity contribution in [3.05, 3.63) is 0 Å². The molecule has 2 aliphatic heterocycles. The molecule has 3 aliphatic rings. The number of rotatable bonds is 1. The molecular formula is C14H25N3O. The minimum Gasteiger partial charge on any atom is -0.340 e. The molecule has 1 amide bonds. The summed E-state index contributed by atoms with van der Waals surface area (Å²) in [6.07, 6.45) is 6.31. The SMILES string of the molecule is CN1CCN(C(=O)C2CNC3(CCCC3)C2)CC1. The van der Waals surface area contributed by atoms with Crippen molar-refractivity contribution in [3.63, 3.8) is 0 Å². The van der Waals surface area contributed by atoms with Crippen LogP contribution >= 0.6 is 0 Å². The molecule has 2 saturated heterocycles. The number of amides is 1. The normalized spacial score (nSPS) is 32.3. The van der Waals surface area contributed by atoms with Crippen molar-refractivity contribution >= 4 is 5.91 Å². The van der Waals surface area contributed by atoms with Crippen LogP contribution in [0.25, 0.3) is 0 Å². The maximum Gasteiger partial charge on any atom is 0.227 e. The van der Waals surface area contributed by atoms with Gasteiger partial charge in [0.25, 0.3) is 0 Å². The van der Waals surface area contributed by atoms with E-state index in [1.54, 1.807) is 0 Å². The van der Waals surface area contributed by atoms with Gasteiger partial charge in [-0.05, 0) is 26.3 Å². The summed E-state index contributed by atoms with van der Waals surface area (Å²) in [4.78, 5) is 16.9. The first-order valence-electron chi connectivity index (χ1n) is 7.41. The van der Waals surface area contributed by atoms with Crippen LogP contribution in [-0.2, 0) is 4.79 Å². The smallest absolute Gasteiger partial charge is 0.227 e. The number of carbonyl (C=O) groups excluding carboxylic acids is 1. The van der Waals surface area contributed by atoms with Crippen molar-refractivity contribution in [3.8, 4) is 0 Å². The van der Waals surface area contributed by atoms with Crippen molar-refractivity contribution in [1.29, 1.82) is 0 Å². The van der Waals surface area contributed by atoms with Gasteiger partial charge in [0, 0.05) is 38.3 Å². The molecule has 0 radical (unpaired) electrons. The van der Waals surface area contributed by atoms with Crippen LogP contribution in [0.1, 0.15) is 32.1 Å². The molecule has 4 heteroatoms. The fourth-order valence-corrected chi connectivity index (χ4v) is 3.85. The van der Waals surface area contributed by atoms with E-state index >= 15 is 0 Å². The summed E-state index contributed by atoms with van der Waals surface area (Å²) in [6.45, 7) is 4.79. The first-order valence-corrected chi connectivity index (χ1v) is 7.41. The van der Waals surface area contributed by atoms with Gasteiger partial charge in [0.15, 0.2) is 0 Å². The van der Waals surface area contributed by atoms with Gasteiger partial charge >= 0.3 is 0 Å². The molecule has 0 aromatic rings. The topological polar surface area (TPSA) is 35.6 Å². The molecule has 2 heterocycles. The van der Waals surface area contributed by atoms with Gasteiger partial charge in [0.2, 0.25) is 5.91 Å². The first kappa shape index (κ1) is 12.4. The lowest BCUT2D eigenvalue weighted by atomic mass is 9.90. The molecule has 102 valence electrons. The van der Waals surface area contributed by atoms with Gasteiger partial charge < -0.3 is 15.1 Å².